The maximum atomic E-state index is 13.6. The van der Waals surface area contributed by atoms with E-state index in [9.17, 15) is 18.4 Å². The summed E-state index contributed by atoms with van der Waals surface area (Å²) in [4.78, 5) is 28.1. The minimum atomic E-state index is -0.699. The molecule has 138 valence electrons. The first-order valence-corrected chi connectivity index (χ1v) is 9.44. The van der Waals surface area contributed by atoms with Crippen LogP contribution in [0.25, 0.3) is 0 Å². The van der Waals surface area contributed by atoms with Crippen molar-refractivity contribution < 1.29 is 18.4 Å². The molecule has 0 radical (unpaired) electrons. The average molecular weight is 465 g/mol. The van der Waals surface area contributed by atoms with Crippen molar-refractivity contribution in [1.82, 2.24) is 9.80 Å². The molecule has 0 atom stereocenters. The van der Waals surface area contributed by atoms with Crippen LogP contribution >= 0.6 is 22.6 Å². The van der Waals surface area contributed by atoms with Crippen molar-refractivity contribution in [2.45, 2.75) is 26.7 Å². The maximum absolute atomic E-state index is 13.6. The molecule has 1 fully saturated rings. The summed E-state index contributed by atoms with van der Waals surface area (Å²) in [5, 5.41) is 2.57. The zero-order valence-corrected chi connectivity index (χ0v) is 16.5. The highest BCUT2D eigenvalue weighted by Crippen LogP contribution is 2.23. The molecular weight excluding hydrogens is 443 g/mol. The monoisotopic (exact) mass is 465 g/mol. The number of urea groups is 1. The Morgan fingerprint density at radius 1 is 1.20 bits per heavy atom. The first kappa shape index (κ1) is 19.9. The van der Waals surface area contributed by atoms with Crippen LogP contribution in [0, 0.1) is 21.1 Å². The third-order valence-corrected chi connectivity index (χ3v) is 5.45. The fraction of sp³-hybridized carbons (Fsp3) is 0.529. The molecule has 1 saturated heterocycles. The number of anilines is 1. The molecule has 0 unspecified atom stereocenters. The highest BCUT2D eigenvalue weighted by molar-refractivity contribution is 14.1. The van der Waals surface area contributed by atoms with Gasteiger partial charge in [0, 0.05) is 37.8 Å². The fourth-order valence-electron chi connectivity index (χ4n) is 2.90. The molecule has 0 saturated carbocycles. The van der Waals surface area contributed by atoms with E-state index in [0.29, 0.717) is 39.0 Å². The lowest BCUT2D eigenvalue weighted by Crippen LogP contribution is -2.47. The Labute approximate surface area is 159 Å². The van der Waals surface area contributed by atoms with Crippen molar-refractivity contribution in [1.29, 1.82) is 0 Å². The largest absolute Gasteiger partial charge is 0.326 e. The predicted molar refractivity (Wildman–Crippen MR) is 100 cm³/mol. The van der Waals surface area contributed by atoms with Crippen LogP contribution in [-0.2, 0) is 4.79 Å². The molecule has 0 aromatic heterocycles. The second kappa shape index (κ2) is 8.77. The summed E-state index contributed by atoms with van der Waals surface area (Å²) in [5.74, 6) is -1.94. The van der Waals surface area contributed by atoms with Gasteiger partial charge in [0.15, 0.2) is 0 Å². The van der Waals surface area contributed by atoms with Crippen molar-refractivity contribution in [2.75, 3.05) is 31.5 Å². The van der Waals surface area contributed by atoms with Crippen molar-refractivity contribution >= 4 is 40.2 Å². The van der Waals surface area contributed by atoms with E-state index in [1.807, 2.05) is 13.8 Å². The molecule has 0 aliphatic carbocycles. The summed E-state index contributed by atoms with van der Waals surface area (Å²) in [7, 11) is 0. The van der Waals surface area contributed by atoms with Crippen LogP contribution in [-0.4, -0.2) is 47.9 Å². The van der Waals surface area contributed by atoms with Crippen molar-refractivity contribution in [3.05, 3.63) is 27.3 Å². The zero-order valence-electron chi connectivity index (χ0n) is 14.3. The lowest BCUT2D eigenvalue weighted by atomic mass is 9.96. The van der Waals surface area contributed by atoms with Gasteiger partial charge in [0.05, 0.1) is 3.57 Å². The molecule has 1 heterocycles. The van der Waals surface area contributed by atoms with Gasteiger partial charge in [0.25, 0.3) is 0 Å². The summed E-state index contributed by atoms with van der Waals surface area (Å²) >= 11 is 1.58. The van der Waals surface area contributed by atoms with E-state index in [1.54, 1.807) is 32.4 Å². The van der Waals surface area contributed by atoms with Gasteiger partial charge in [-0.25, -0.2) is 13.6 Å². The van der Waals surface area contributed by atoms with Gasteiger partial charge in [-0.05, 0) is 61.4 Å². The van der Waals surface area contributed by atoms with Gasteiger partial charge >= 0.3 is 6.03 Å². The number of halogens is 3. The van der Waals surface area contributed by atoms with Crippen LogP contribution in [0.15, 0.2) is 12.1 Å². The number of piperidine rings is 1. The highest BCUT2D eigenvalue weighted by Gasteiger charge is 2.29. The smallest absolute Gasteiger partial charge is 0.319 e. The van der Waals surface area contributed by atoms with E-state index in [0.717, 1.165) is 12.1 Å². The minimum absolute atomic E-state index is 0.00867. The summed E-state index contributed by atoms with van der Waals surface area (Å²) in [6, 6.07) is 2.22. The number of carbonyl (C=O) groups is 2. The molecule has 1 aliphatic rings. The van der Waals surface area contributed by atoms with Gasteiger partial charge in [-0.15, -0.1) is 0 Å². The molecule has 1 aromatic rings. The molecule has 5 nitrogen and oxygen atoms in total. The van der Waals surface area contributed by atoms with Crippen molar-refractivity contribution in [3.8, 4) is 0 Å². The van der Waals surface area contributed by atoms with E-state index in [4.69, 9.17) is 0 Å². The lowest BCUT2D eigenvalue weighted by molar-refractivity contribution is -0.121. The summed E-state index contributed by atoms with van der Waals surface area (Å²) in [6.07, 6.45) is 1.07. The van der Waals surface area contributed by atoms with E-state index in [1.165, 1.54) is 0 Å². The molecule has 1 aliphatic heterocycles. The first-order chi connectivity index (χ1) is 11.9. The minimum Gasteiger partial charge on any atom is -0.326 e. The first-order valence-electron chi connectivity index (χ1n) is 8.36. The molecule has 2 rings (SSSR count). The van der Waals surface area contributed by atoms with Crippen LogP contribution in [0.4, 0.5) is 19.3 Å². The summed E-state index contributed by atoms with van der Waals surface area (Å²) < 4.78 is 27.0. The number of nitrogens with one attached hydrogen (secondary N) is 1. The second-order valence-electron chi connectivity index (χ2n) is 5.96. The van der Waals surface area contributed by atoms with Crippen LogP contribution in [0.5, 0.6) is 0 Å². The van der Waals surface area contributed by atoms with Gasteiger partial charge in [-0.1, -0.05) is 0 Å². The Balaban J connectivity index is 1.92. The number of benzene rings is 1. The number of carbonyl (C=O) groups excluding carboxylic acids is 2. The van der Waals surface area contributed by atoms with E-state index < -0.39 is 11.6 Å². The van der Waals surface area contributed by atoms with Crippen LogP contribution in [0.1, 0.15) is 26.7 Å². The fourth-order valence-corrected chi connectivity index (χ4v) is 3.21. The maximum Gasteiger partial charge on any atom is 0.319 e. The topological polar surface area (TPSA) is 52.7 Å². The lowest BCUT2D eigenvalue weighted by Gasteiger charge is -2.34. The molecule has 1 aromatic carbocycles. The average Bonchev–Trinajstić information content (AvgIpc) is 2.60. The molecule has 8 heteroatoms. The summed E-state index contributed by atoms with van der Waals surface area (Å²) in [6.45, 7) is 6.17. The summed E-state index contributed by atoms with van der Waals surface area (Å²) in [5.41, 5.74) is 0.113. The Kier molecular flexibility index (Phi) is 6.97. The molecule has 25 heavy (non-hydrogen) atoms. The van der Waals surface area contributed by atoms with E-state index in [2.05, 4.69) is 5.32 Å². The van der Waals surface area contributed by atoms with Crippen molar-refractivity contribution in [3.63, 3.8) is 0 Å². The van der Waals surface area contributed by atoms with Crippen molar-refractivity contribution in [2.24, 2.45) is 5.92 Å². The zero-order chi connectivity index (χ0) is 18.6. The van der Waals surface area contributed by atoms with E-state index >= 15 is 0 Å². The normalized spacial score (nSPS) is 15.2. The molecule has 1 N–H and O–H groups in total. The molecule has 0 bridgehead atoms. The third-order valence-electron chi connectivity index (χ3n) is 4.42. The number of amides is 3. The number of nitrogens with zero attached hydrogens (tertiary/aromatic N) is 2. The Hall–Kier alpha value is -1.45. The number of hydrogen-bond donors (Lipinski definition) is 1. The quantitative estimate of drug-likeness (QED) is 0.545. The highest BCUT2D eigenvalue weighted by atomic mass is 127. The van der Waals surface area contributed by atoms with Crippen LogP contribution < -0.4 is 5.32 Å². The van der Waals surface area contributed by atoms with Gasteiger partial charge in [-0.3, -0.25) is 4.79 Å². The molecule has 0 spiro atoms. The van der Waals surface area contributed by atoms with Gasteiger partial charge in [0.2, 0.25) is 5.91 Å². The van der Waals surface area contributed by atoms with Crippen LogP contribution in [0.3, 0.4) is 0 Å². The number of hydrogen-bond acceptors (Lipinski definition) is 2. The Bertz CT molecular complexity index is 622. The van der Waals surface area contributed by atoms with Crippen LogP contribution in [0.2, 0.25) is 0 Å². The Morgan fingerprint density at radius 3 is 2.20 bits per heavy atom. The molecule has 3 amide bonds. The van der Waals surface area contributed by atoms with Gasteiger partial charge in [-0.2, -0.15) is 0 Å². The SMILES string of the molecule is CCN(CC)C(=O)N1CCC(C(=O)Nc2cc(F)c(I)c(F)c2)CC1. The number of likely N-dealkylation sites (tertiary alicyclic amines) is 1. The van der Waals surface area contributed by atoms with E-state index in [-0.39, 0.29) is 27.1 Å². The predicted octanol–water partition coefficient (Wildman–Crippen LogP) is 3.68. The van der Waals surface area contributed by atoms with Gasteiger partial charge in [0.1, 0.15) is 11.6 Å². The third kappa shape index (κ3) is 4.80. The number of rotatable bonds is 4. The standard InChI is InChI=1S/C17H22F2IN3O2/c1-3-22(4-2)17(25)23-7-5-11(6-8-23)16(24)21-12-9-13(18)15(20)14(19)10-12/h9-11H,3-8H2,1-2H3,(H,21,24). The second-order valence-corrected chi connectivity index (χ2v) is 7.04. The molecular formula is C17H22F2IN3O2. The Morgan fingerprint density at radius 2 is 1.72 bits per heavy atom. The van der Waals surface area contributed by atoms with Gasteiger partial charge < -0.3 is 15.1 Å².